The van der Waals surface area contributed by atoms with E-state index in [4.69, 9.17) is 11.5 Å². The van der Waals surface area contributed by atoms with Gasteiger partial charge >= 0.3 is 0 Å². The summed E-state index contributed by atoms with van der Waals surface area (Å²) in [4.78, 5) is 23.9. The smallest absolute Gasteiger partial charge is 0.261 e. The van der Waals surface area contributed by atoms with Gasteiger partial charge in [-0.1, -0.05) is 12.1 Å². The minimum Gasteiger partial charge on any atom is -0.354 e. The van der Waals surface area contributed by atoms with Crippen molar-refractivity contribution in [2.24, 2.45) is 11.5 Å². The number of hydrogen-bond donors (Lipinski definition) is 5. The summed E-state index contributed by atoms with van der Waals surface area (Å²) in [6.07, 6.45) is 3.17. The Balaban J connectivity index is 1.99. The third-order valence-electron chi connectivity index (χ3n) is 3.91. The number of rotatable bonds is 8. The Morgan fingerprint density at radius 1 is 1.12 bits per heavy atom. The normalized spacial score (nSPS) is 10.8. The molecule has 0 radical (unpaired) electrons. The number of benzene rings is 1. The Kier molecular flexibility index (Phi) is 5.77. The van der Waals surface area contributed by atoms with Crippen LogP contribution < -0.4 is 27.7 Å². The highest BCUT2D eigenvalue weighted by Crippen LogP contribution is 2.23. The van der Waals surface area contributed by atoms with E-state index in [-0.39, 0.29) is 5.56 Å². The largest absolute Gasteiger partial charge is 0.354 e. The van der Waals surface area contributed by atoms with E-state index in [2.05, 4.69) is 25.6 Å². The molecule has 0 saturated carbocycles. The molecule has 26 heavy (non-hydrogen) atoms. The molecule has 2 aromatic heterocycles. The Bertz CT molecular complexity index is 938. The number of aromatic amines is 1. The maximum absolute atomic E-state index is 12.3. The molecule has 0 bridgehead atoms. The van der Waals surface area contributed by atoms with Gasteiger partial charge in [0, 0.05) is 18.4 Å². The summed E-state index contributed by atoms with van der Waals surface area (Å²) in [6, 6.07) is 9.64. The van der Waals surface area contributed by atoms with Crippen LogP contribution in [0, 0.1) is 0 Å². The second-order valence-electron chi connectivity index (χ2n) is 5.90. The van der Waals surface area contributed by atoms with Gasteiger partial charge in [-0.15, -0.1) is 0 Å². The van der Waals surface area contributed by atoms with E-state index in [1.54, 1.807) is 12.3 Å². The molecule has 0 aliphatic rings. The molecule has 136 valence electrons. The molecular formula is C18H23N7O. The molecule has 0 aliphatic carbocycles. The van der Waals surface area contributed by atoms with E-state index >= 15 is 0 Å². The van der Waals surface area contributed by atoms with Crippen LogP contribution in [-0.2, 0) is 6.42 Å². The molecule has 0 atom stereocenters. The van der Waals surface area contributed by atoms with Crippen molar-refractivity contribution in [1.29, 1.82) is 0 Å². The highest BCUT2D eigenvalue weighted by atomic mass is 16.1. The van der Waals surface area contributed by atoms with Crippen molar-refractivity contribution in [1.82, 2.24) is 15.0 Å². The number of pyridine rings is 1. The average molecular weight is 353 g/mol. The molecule has 2 heterocycles. The zero-order valence-corrected chi connectivity index (χ0v) is 14.5. The van der Waals surface area contributed by atoms with Crippen molar-refractivity contribution in [2.75, 3.05) is 30.3 Å². The van der Waals surface area contributed by atoms with Crippen molar-refractivity contribution in [2.45, 2.75) is 12.8 Å². The predicted octanol–water partition coefficient (Wildman–Crippen LogP) is 1.32. The van der Waals surface area contributed by atoms with Gasteiger partial charge in [-0.2, -0.15) is 4.98 Å². The predicted molar refractivity (Wildman–Crippen MR) is 105 cm³/mol. The zero-order chi connectivity index (χ0) is 18.4. The van der Waals surface area contributed by atoms with Gasteiger partial charge < -0.3 is 27.1 Å². The first-order chi connectivity index (χ1) is 12.7. The Morgan fingerprint density at radius 2 is 2.00 bits per heavy atom. The molecule has 1 aromatic carbocycles. The van der Waals surface area contributed by atoms with Crippen LogP contribution in [0.4, 0.5) is 17.5 Å². The maximum Gasteiger partial charge on any atom is 0.261 e. The van der Waals surface area contributed by atoms with Crippen molar-refractivity contribution >= 4 is 28.4 Å². The average Bonchev–Trinajstić information content (AvgIpc) is 2.62. The van der Waals surface area contributed by atoms with Gasteiger partial charge in [-0.05, 0) is 49.7 Å². The molecule has 0 aliphatic heterocycles. The fourth-order valence-corrected chi connectivity index (χ4v) is 2.67. The summed E-state index contributed by atoms with van der Waals surface area (Å²) in [5.41, 5.74) is 13.4. The number of nitrogens with two attached hydrogens (primary N) is 2. The minimum atomic E-state index is -0.239. The van der Waals surface area contributed by atoms with Crippen molar-refractivity contribution < 1.29 is 0 Å². The molecule has 8 heteroatoms. The number of nitrogens with zero attached hydrogens (tertiary/aromatic N) is 2. The Morgan fingerprint density at radius 3 is 2.81 bits per heavy atom. The fourth-order valence-electron chi connectivity index (χ4n) is 2.67. The summed E-state index contributed by atoms with van der Waals surface area (Å²) in [7, 11) is 0. The van der Waals surface area contributed by atoms with E-state index < -0.39 is 0 Å². The van der Waals surface area contributed by atoms with Gasteiger partial charge in [-0.25, -0.2) is 4.98 Å². The van der Waals surface area contributed by atoms with Crippen LogP contribution >= 0.6 is 0 Å². The zero-order valence-electron chi connectivity index (χ0n) is 14.5. The fraction of sp³-hybridized carbons (Fsp3) is 0.278. The van der Waals surface area contributed by atoms with Crippen LogP contribution in [0.1, 0.15) is 12.0 Å². The second kappa shape index (κ2) is 8.41. The number of fused-ring (bicyclic) bond motifs is 1. The van der Waals surface area contributed by atoms with Gasteiger partial charge in [0.2, 0.25) is 5.95 Å². The summed E-state index contributed by atoms with van der Waals surface area (Å²) in [5.74, 6) is 0.911. The van der Waals surface area contributed by atoms with E-state index in [1.807, 2.05) is 24.3 Å². The van der Waals surface area contributed by atoms with E-state index in [0.717, 1.165) is 24.1 Å². The van der Waals surface area contributed by atoms with Crippen LogP contribution in [0.15, 0.2) is 41.3 Å². The maximum atomic E-state index is 12.3. The quantitative estimate of drug-likeness (QED) is 0.385. The lowest BCUT2D eigenvalue weighted by molar-refractivity contribution is 0.865. The van der Waals surface area contributed by atoms with Gasteiger partial charge in [0.1, 0.15) is 11.2 Å². The number of hydrogen-bond acceptors (Lipinski definition) is 7. The lowest BCUT2D eigenvalue weighted by Crippen LogP contribution is -2.14. The molecule has 0 fully saturated rings. The van der Waals surface area contributed by atoms with Gasteiger partial charge in [0.25, 0.3) is 5.56 Å². The van der Waals surface area contributed by atoms with Crippen LogP contribution in [0.25, 0.3) is 10.9 Å². The number of anilines is 3. The van der Waals surface area contributed by atoms with E-state index in [0.29, 0.717) is 42.3 Å². The van der Waals surface area contributed by atoms with Crippen LogP contribution in [-0.4, -0.2) is 34.6 Å². The molecule has 0 unspecified atom stereocenters. The highest BCUT2D eigenvalue weighted by Gasteiger charge is 2.11. The second-order valence-corrected chi connectivity index (χ2v) is 5.90. The minimum absolute atomic E-state index is 0.239. The van der Waals surface area contributed by atoms with Gasteiger partial charge in [-0.3, -0.25) is 4.79 Å². The third kappa shape index (κ3) is 4.16. The van der Waals surface area contributed by atoms with E-state index in [1.165, 1.54) is 0 Å². The topological polar surface area (TPSA) is 135 Å². The molecule has 0 amide bonds. The number of aromatic nitrogens is 3. The lowest BCUT2D eigenvalue weighted by atomic mass is 10.1. The Labute approximate surface area is 151 Å². The molecule has 0 saturated heterocycles. The Hall–Kier alpha value is -2.97. The van der Waals surface area contributed by atoms with Crippen LogP contribution in [0.3, 0.4) is 0 Å². The molecule has 3 rings (SSSR count). The highest BCUT2D eigenvalue weighted by molar-refractivity contribution is 5.90. The van der Waals surface area contributed by atoms with Crippen LogP contribution in [0.2, 0.25) is 0 Å². The van der Waals surface area contributed by atoms with Crippen LogP contribution in [0.5, 0.6) is 0 Å². The molecule has 7 N–H and O–H groups in total. The first kappa shape index (κ1) is 17.8. The first-order valence-corrected chi connectivity index (χ1v) is 8.60. The van der Waals surface area contributed by atoms with Crippen molar-refractivity contribution in [3.05, 3.63) is 52.4 Å². The number of nitrogens with one attached hydrogen (secondary N) is 3. The molecule has 8 nitrogen and oxygen atoms in total. The van der Waals surface area contributed by atoms with Crippen molar-refractivity contribution in [3.63, 3.8) is 0 Å². The van der Waals surface area contributed by atoms with Gasteiger partial charge in [0.15, 0.2) is 0 Å². The third-order valence-corrected chi connectivity index (χ3v) is 3.91. The molecular weight excluding hydrogens is 330 g/mol. The number of H-pyrrole nitrogens is 1. The van der Waals surface area contributed by atoms with E-state index in [9.17, 15) is 4.79 Å². The summed E-state index contributed by atoms with van der Waals surface area (Å²) >= 11 is 0. The van der Waals surface area contributed by atoms with Gasteiger partial charge in [0.05, 0.1) is 5.52 Å². The molecule has 0 spiro atoms. The monoisotopic (exact) mass is 353 g/mol. The lowest BCUT2D eigenvalue weighted by Gasteiger charge is -2.12. The first-order valence-electron chi connectivity index (χ1n) is 8.60. The van der Waals surface area contributed by atoms with Crippen molar-refractivity contribution in [3.8, 4) is 0 Å². The summed E-state index contributed by atoms with van der Waals surface area (Å²) in [5, 5.41) is 6.80. The summed E-state index contributed by atoms with van der Waals surface area (Å²) in [6.45, 7) is 1.82. The standard InChI is InChI=1S/C18H23N7O/c19-7-2-9-22-18-24-14-6-10-21-17(26)15(14)16(25-18)23-13-4-1-3-12(11-13)5-8-20/h1,3-4,6,10-11H,2,5,7-9,19-20H2,(H,21,26)(H2,22,23,24,25). The molecule has 3 aromatic rings. The SMILES string of the molecule is NCCCNc1nc(Nc2cccc(CCN)c2)c2c(=O)[nH]ccc2n1. The summed E-state index contributed by atoms with van der Waals surface area (Å²) < 4.78 is 0.